The number of unbranched alkanes of at least 4 members (excludes halogenated alkanes) is 33. The standard InChI is InChI=1S/C72H124O6/c1-4-7-10-13-16-18-20-22-24-26-28-30-32-33-34-35-36-37-38-39-41-42-44-46-48-50-52-54-56-59-62-65-71(74)77-68-69(67-76-70(73)64-61-58-15-12-9-6-3)78-72(75)66-63-60-57-55-53-51-49-47-45-43-40-31-29-27-25-23-21-19-17-14-11-8-5-2/h7,10,16,18,21-24,27-30,33-34,36-37,69H,4-6,8-9,11-15,17,19-20,25-26,31-32,35,38-68H2,1-3H3/b10-7-,18-16-,23-21-,24-22-,29-27-,30-28-,34-33-,37-36-. The first kappa shape index (κ1) is 74.3. The van der Waals surface area contributed by atoms with Gasteiger partial charge in [-0.3, -0.25) is 14.4 Å². The monoisotopic (exact) mass is 1080 g/mol. The highest BCUT2D eigenvalue weighted by Gasteiger charge is 2.19. The first-order valence-corrected chi connectivity index (χ1v) is 33.2. The summed E-state index contributed by atoms with van der Waals surface area (Å²) >= 11 is 0. The third-order valence-electron chi connectivity index (χ3n) is 14.3. The minimum absolute atomic E-state index is 0.0764. The van der Waals surface area contributed by atoms with Crippen LogP contribution >= 0.6 is 0 Å². The summed E-state index contributed by atoms with van der Waals surface area (Å²) in [5.74, 6) is -0.879. The molecule has 1 atom stereocenters. The molecule has 0 aromatic heterocycles. The van der Waals surface area contributed by atoms with Crippen LogP contribution in [0.25, 0.3) is 0 Å². The Labute approximate surface area is 483 Å². The lowest BCUT2D eigenvalue weighted by Gasteiger charge is -2.18. The van der Waals surface area contributed by atoms with Crippen LogP contribution in [0.2, 0.25) is 0 Å². The predicted molar refractivity (Wildman–Crippen MR) is 339 cm³/mol. The number of hydrogen-bond acceptors (Lipinski definition) is 6. The molecule has 0 rings (SSSR count). The Balaban J connectivity index is 4.06. The van der Waals surface area contributed by atoms with Gasteiger partial charge in [-0.25, -0.2) is 0 Å². The Bertz CT molecular complexity index is 1530. The summed E-state index contributed by atoms with van der Waals surface area (Å²) in [4.78, 5) is 38.1. The van der Waals surface area contributed by atoms with Gasteiger partial charge in [0.05, 0.1) is 0 Å². The van der Waals surface area contributed by atoms with E-state index in [4.69, 9.17) is 14.2 Å². The zero-order valence-corrected chi connectivity index (χ0v) is 51.4. The van der Waals surface area contributed by atoms with Gasteiger partial charge in [-0.15, -0.1) is 0 Å². The molecule has 448 valence electrons. The van der Waals surface area contributed by atoms with E-state index in [1.807, 2.05) is 0 Å². The smallest absolute Gasteiger partial charge is 0.306 e. The highest BCUT2D eigenvalue weighted by molar-refractivity contribution is 5.71. The van der Waals surface area contributed by atoms with Crippen molar-refractivity contribution in [2.45, 2.75) is 329 Å². The minimum atomic E-state index is -0.776. The molecule has 0 aromatic rings. The molecule has 0 spiro atoms. The second-order valence-corrected chi connectivity index (χ2v) is 22.0. The van der Waals surface area contributed by atoms with E-state index in [9.17, 15) is 14.4 Å². The number of hydrogen-bond donors (Lipinski definition) is 0. The lowest BCUT2D eigenvalue weighted by molar-refractivity contribution is -0.167. The van der Waals surface area contributed by atoms with Gasteiger partial charge in [-0.1, -0.05) is 298 Å². The maximum Gasteiger partial charge on any atom is 0.306 e. The molecule has 78 heavy (non-hydrogen) atoms. The van der Waals surface area contributed by atoms with Crippen LogP contribution in [-0.4, -0.2) is 37.2 Å². The van der Waals surface area contributed by atoms with E-state index in [-0.39, 0.29) is 31.1 Å². The van der Waals surface area contributed by atoms with Crippen LogP contribution in [0.15, 0.2) is 97.2 Å². The lowest BCUT2D eigenvalue weighted by Crippen LogP contribution is -2.30. The summed E-state index contributed by atoms with van der Waals surface area (Å²) in [5, 5.41) is 0. The van der Waals surface area contributed by atoms with Crippen LogP contribution in [-0.2, 0) is 28.6 Å². The molecule has 0 aliphatic rings. The molecule has 0 radical (unpaired) electrons. The summed E-state index contributed by atoms with van der Waals surface area (Å²) < 4.78 is 16.8. The Morgan fingerprint density at radius 3 is 0.782 bits per heavy atom. The number of ether oxygens (including phenoxy) is 3. The molecule has 0 heterocycles. The third-order valence-corrected chi connectivity index (χ3v) is 14.3. The third kappa shape index (κ3) is 63.2. The van der Waals surface area contributed by atoms with Crippen molar-refractivity contribution in [3.63, 3.8) is 0 Å². The maximum atomic E-state index is 12.9. The zero-order valence-electron chi connectivity index (χ0n) is 51.4. The quantitative estimate of drug-likeness (QED) is 0.0261. The highest BCUT2D eigenvalue weighted by Crippen LogP contribution is 2.17. The summed E-state index contributed by atoms with van der Waals surface area (Å²) in [7, 11) is 0. The predicted octanol–water partition coefficient (Wildman–Crippen LogP) is 22.8. The fraction of sp³-hybridized carbons (Fsp3) is 0.736. The molecule has 6 heteroatoms. The Kier molecular flexibility index (Phi) is 62.7. The largest absolute Gasteiger partial charge is 0.462 e. The molecule has 0 saturated heterocycles. The molecular formula is C72H124O6. The fourth-order valence-corrected chi connectivity index (χ4v) is 9.36. The molecule has 0 aromatic carbocycles. The van der Waals surface area contributed by atoms with E-state index in [0.29, 0.717) is 19.3 Å². The van der Waals surface area contributed by atoms with E-state index in [2.05, 4.69) is 118 Å². The molecule has 0 fully saturated rings. The minimum Gasteiger partial charge on any atom is -0.462 e. The van der Waals surface area contributed by atoms with Crippen LogP contribution in [0.4, 0.5) is 0 Å². The van der Waals surface area contributed by atoms with Crippen molar-refractivity contribution < 1.29 is 28.6 Å². The maximum absolute atomic E-state index is 12.9. The first-order chi connectivity index (χ1) is 38.5. The van der Waals surface area contributed by atoms with E-state index < -0.39 is 6.10 Å². The van der Waals surface area contributed by atoms with Crippen LogP contribution in [0.1, 0.15) is 323 Å². The average molecular weight is 1090 g/mol. The van der Waals surface area contributed by atoms with Crippen molar-refractivity contribution >= 4 is 17.9 Å². The van der Waals surface area contributed by atoms with E-state index in [1.165, 1.54) is 180 Å². The van der Waals surface area contributed by atoms with Crippen LogP contribution in [0, 0.1) is 0 Å². The molecular weight excluding hydrogens is 961 g/mol. The topological polar surface area (TPSA) is 78.9 Å². The van der Waals surface area contributed by atoms with Crippen molar-refractivity contribution in [1.82, 2.24) is 0 Å². The van der Waals surface area contributed by atoms with Crippen LogP contribution < -0.4 is 0 Å². The Morgan fingerprint density at radius 1 is 0.269 bits per heavy atom. The molecule has 0 amide bonds. The Morgan fingerprint density at radius 2 is 0.500 bits per heavy atom. The summed E-state index contributed by atoms with van der Waals surface area (Å²) in [6.07, 6.45) is 88.8. The molecule has 0 N–H and O–H groups in total. The number of carbonyl (C=O) groups is 3. The van der Waals surface area contributed by atoms with Gasteiger partial charge in [-0.05, 0) is 103 Å². The van der Waals surface area contributed by atoms with E-state index in [0.717, 1.165) is 103 Å². The number of carbonyl (C=O) groups excluding carboxylic acids is 3. The zero-order chi connectivity index (χ0) is 56.4. The normalized spacial score (nSPS) is 12.7. The highest BCUT2D eigenvalue weighted by atomic mass is 16.6. The second kappa shape index (κ2) is 65.8. The van der Waals surface area contributed by atoms with Gasteiger partial charge in [0.1, 0.15) is 13.2 Å². The van der Waals surface area contributed by atoms with Crippen LogP contribution in [0.5, 0.6) is 0 Å². The summed E-state index contributed by atoms with van der Waals surface area (Å²) in [6, 6.07) is 0. The number of allylic oxidation sites excluding steroid dienone is 16. The second-order valence-electron chi connectivity index (χ2n) is 22.0. The molecule has 0 aliphatic heterocycles. The van der Waals surface area contributed by atoms with Gasteiger partial charge in [0.2, 0.25) is 0 Å². The van der Waals surface area contributed by atoms with Crippen molar-refractivity contribution in [3.05, 3.63) is 97.2 Å². The molecule has 0 saturated carbocycles. The molecule has 0 bridgehead atoms. The average Bonchev–Trinajstić information content (AvgIpc) is 3.44. The summed E-state index contributed by atoms with van der Waals surface area (Å²) in [6.45, 7) is 6.48. The van der Waals surface area contributed by atoms with Crippen molar-refractivity contribution in [1.29, 1.82) is 0 Å². The molecule has 6 nitrogen and oxygen atoms in total. The van der Waals surface area contributed by atoms with Gasteiger partial charge >= 0.3 is 17.9 Å². The van der Waals surface area contributed by atoms with Crippen molar-refractivity contribution in [2.75, 3.05) is 13.2 Å². The number of rotatable bonds is 60. The van der Waals surface area contributed by atoms with Crippen molar-refractivity contribution in [3.8, 4) is 0 Å². The Hall–Kier alpha value is -3.67. The van der Waals surface area contributed by atoms with Gasteiger partial charge in [0.25, 0.3) is 0 Å². The van der Waals surface area contributed by atoms with Gasteiger partial charge < -0.3 is 14.2 Å². The summed E-state index contributed by atoms with van der Waals surface area (Å²) in [5.41, 5.74) is 0. The lowest BCUT2D eigenvalue weighted by atomic mass is 10.0. The van der Waals surface area contributed by atoms with Gasteiger partial charge in [0.15, 0.2) is 6.10 Å². The number of esters is 3. The van der Waals surface area contributed by atoms with Crippen LogP contribution in [0.3, 0.4) is 0 Å². The van der Waals surface area contributed by atoms with Crippen molar-refractivity contribution in [2.24, 2.45) is 0 Å². The molecule has 0 aliphatic carbocycles. The first-order valence-electron chi connectivity index (χ1n) is 33.2. The van der Waals surface area contributed by atoms with Gasteiger partial charge in [0, 0.05) is 19.3 Å². The van der Waals surface area contributed by atoms with E-state index >= 15 is 0 Å². The SMILES string of the molecule is CC/C=C\C/C=C\C/C=C\C/C=C\C/C=C\C/C=C\CCCCCCCCCCCCCCC(=O)OCC(COC(=O)CCCCCCCC)OC(=O)CCCCCCCCCCCCC/C=C\C/C=C\CCCCCCC. The fourth-order valence-electron chi connectivity index (χ4n) is 9.36. The van der Waals surface area contributed by atoms with E-state index in [1.54, 1.807) is 0 Å². The molecule has 1 unspecified atom stereocenters. The van der Waals surface area contributed by atoms with Gasteiger partial charge in [-0.2, -0.15) is 0 Å².